The first-order chi connectivity index (χ1) is 11.2. The van der Waals surface area contributed by atoms with Crippen molar-refractivity contribution in [2.24, 2.45) is 5.41 Å². The fraction of sp³-hybridized carbons (Fsp3) is 0.471. The van der Waals surface area contributed by atoms with Crippen molar-refractivity contribution >= 4 is 17.2 Å². The Balaban J connectivity index is 1.29. The predicted octanol–water partition coefficient (Wildman–Crippen LogP) is 3.00. The van der Waals surface area contributed by atoms with Crippen LogP contribution in [0.2, 0.25) is 0 Å². The molecular formula is C17H19N3O2S. The minimum Gasteiger partial charge on any atom is -0.489 e. The van der Waals surface area contributed by atoms with Gasteiger partial charge in [-0.25, -0.2) is 4.98 Å². The number of pyridine rings is 1. The third kappa shape index (κ3) is 2.95. The zero-order chi connectivity index (χ0) is 15.7. The molecule has 0 N–H and O–H groups in total. The number of likely N-dealkylation sites (tertiary alicyclic amines) is 1. The number of piperidine rings is 1. The van der Waals surface area contributed by atoms with Crippen molar-refractivity contribution < 1.29 is 9.53 Å². The number of amides is 1. The molecule has 5 nitrogen and oxygen atoms in total. The number of carbonyl (C=O) groups excluding carboxylic acids is 1. The van der Waals surface area contributed by atoms with Gasteiger partial charge in [-0.05, 0) is 43.2 Å². The van der Waals surface area contributed by atoms with Crippen LogP contribution in [-0.4, -0.2) is 40.0 Å². The van der Waals surface area contributed by atoms with Crippen LogP contribution in [0.5, 0.6) is 5.75 Å². The van der Waals surface area contributed by atoms with Crippen molar-refractivity contribution in [2.45, 2.75) is 31.8 Å². The Morgan fingerprint density at radius 1 is 1.35 bits per heavy atom. The van der Waals surface area contributed by atoms with Gasteiger partial charge in [-0.3, -0.25) is 9.78 Å². The molecule has 2 aliphatic rings. The molecule has 0 bridgehead atoms. The van der Waals surface area contributed by atoms with E-state index < -0.39 is 0 Å². The van der Waals surface area contributed by atoms with E-state index in [1.54, 1.807) is 17.9 Å². The normalized spacial score (nSPS) is 20.3. The average molecular weight is 329 g/mol. The molecule has 4 rings (SSSR count). The minimum atomic E-state index is 0.0728. The molecule has 2 fully saturated rings. The first-order valence-corrected chi connectivity index (χ1v) is 8.93. The number of ether oxygens (including phenoxy) is 1. The number of hydrogen-bond acceptors (Lipinski definition) is 5. The van der Waals surface area contributed by atoms with E-state index in [4.69, 9.17) is 4.74 Å². The molecule has 0 aromatic carbocycles. The van der Waals surface area contributed by atoms with Gasteiger partial charge in [0.2, 0.25) is 0 Å². The Kier molecular flexibility index (Phi) is 3.77. The Morgan fingerprint density at radius 2 is 2.17 bits per heavy atom. The SMILES string of the molecule is O=C(c1cscn1)N1CCC2(CC1)CC(Oc1cccnc1)C2. The largest absolute Gasteiger partial charge is 0.489 e. The van der Waals surface area contributed by atoms with Crippen molar-refractivity contribution in [3.05, 3.63) is 41.1 Å². The summed E-state index contributed by atoms with van der Waals surface area (Å²) < 4.78 is 5.96. The van der Waals surface area contributed by atoms with Gasteiger partial charge in [0.1, 0.15) is 11.4 Å². The van der Waals surface area contributed by atoms with Crippen LogP contribution in [-0.2, 0) is 0 Å². The quantitative estimate of drug-likeness (QED) is 0.868. The van der Waals surface area contributed by atoms with Gasteiger partial charge in [0, 0.05) is 24.7 Å². The van der Waals surface area contributed by atoms with Gasteiger partial charge < -0.3 is 9.64 Å². The van der Waals surface area contributed by atoms with Gasteiger partial charge in [0.25, 0.3) is 5.91 Å². The first-order valence-electron chi connectivity index (χ1n) is 7.98. The zero-order valence-electron chi connectivity index (χ0n) is 12.9. The van der Waals surface area contributed by atoms with Gasteiger partial charge in [0.05, 0.1) is 17.8 Å². The monoisotopic (exact) mass is 329 g/mol. The highest BCUT2D eigenvalue weighted by Gasteiger charge is 2.47. The molecule has 1 spiro atoms. The highest BCUT2D eigenvalue weighted by atomic mass is 32.1. The maximum Gasteiger partial charge on any atom is 0.273 e. The van der Waals surface area contributed by atoms with Gasteiger partial charge in [-0.1, -0.05) is 0 Å². The Bertz CT molecular complexity index is 658. The van der Waals surface area contributed by atoms with E-state index in [1.165, 1.54) is 11.3 Å². The van der Waals surface area contributed by atoms with Crippen LogP contribution in [0.25, 0.3) is 0 Å². The lowest BCUT2D eigenvalue weighted by Crippen LogP contribution is -2.52. The molecule has 2 aromatic heterocycles. The molecule has 23 heavy (non-hydrogen) atoms. The second-order valence-electron chi connectivity index (χ2n) is 6.50. The van der Waals surface area contributed by atoms with Crippen LogP contribution in [0.4, 0.5) is 0 Å². The summed E-state index contributed by atoms with van der Waals surface area (Å²) in [6.45, 7) is 1.66. The van der Waals surface area contributed by atoms with E-state index in [0.29, 0.717) is 17.2 Å². The number of aromatic nitrogens is 2. The summed E-state index contributed by atoms with van der Waals surface area (Å²) in [5.41, 5.74) is 2.66. The summed E-state index contributed by atoms with van der Waals surface area (Å²) in [6, 6.07) is 3.85. The van der Waals surface area contributed by atoms with Gasteiger partial charge in [-0.15, -0.1) is 11.3 Å². The van der Waals surface area contributed by atoms with E-state index >= 15 is 0 Å². The standard InChI is InChI=1S/C17H19N3O2S/c21-16(15-11-23-12-19-15)20-6-3-17(4-7-20)8-14(9-17)22-13-2-1-5-18-10-13/h1-2,5,10-12,14H,3-4,6-9H2. The van der Waals surface area contributed by atoms with Crippen molar-refractivity contribution in [2.75, 3.05) is 13.1 Å². The van der Waals surface area contributed by atoms with Crippen molar-refractivity contribution in [1.82, 2.24) is 14.9 Å². The van der Waals surface area contributed by atoms with Crippen LogP contribution in [0.1, 0.15) is 36.2 Å². The summed E-state index contributed by atoms with van der Waals surface area (Å²) in [6.07, 6.45) is 8.11. The van der Waals surface area contributed by atoms with Gasteiger partial charge in [0.15, 0.2) is 0 Å². The maximum atomic E-state index is 12.3. The third-order valence-corrected chi connectivity index (χ3v) is 5.61. The van der Waals surface area contributed by atoms with Crippen molar-refractivity contribution in [1.29, 1.82) is 0 Å². The van der Waals surface area contributed by atoms with Crippen LogP contribution in [0.3, 0.4) is 0 Å². The lowest BCUT2D eigenvalue weighted by Gasteiger charge is -2.51. The van der Waals surface area contributed by atoms with Crippen molar-refractivity contribution in [3.63, 3.8) is 0 Å². The molecular weight excluding hydrogens is 310 g/mol. The second kappa shape index (κ2) is 5.92. The average Bonchev–Trinajstić information content (AvgIpc) is 3.09. The maximum absolute atomic E-state index is 12.3. The fourth-order valence-corrected chi connectivity index (χ4v) is 4.20. The van der Waals surface area contributed by atoms with E-state index in [1.807, 2.05) is 22.4 Å². The van der Waals surface area contributed by atoms with Gasteiger partial charge >= 0.3 is 0 Å². The molecule has 1 amide bonds. The highest BCUT2D eigenvalue weighted by Crippen LogP contribution is 2.50. The van der Waals surface area contributed by atoms with Crippen LogP contribution in [0.15, 0.2) is 35.4 Å². The number of carbonyl (C=O) groups is 1. The van der Waals surface area contributed by atoms with Crippen LogP contribution < -0.4 is 4.74 Å². The molecule has 120 valence electrons. The van der Waals surface area contributed by atoms with E-state index in [-0.39, 0.29) is 5.91 Å². The summed E-state index contributed by atoms with van der Waals surface area (Å²) in [7, 11) is 0. The third-order valence-electron chi connectivity index (χ3n) is 5.02. The number of thiazole rings is 1. The number of rotatable bonds is 3. The van der Waals surface area contributed by atoms with Crippen LogP contribution in [0, 0.1) is 5.41 Å². The summed E-state index contributed by atoms with van der Waals surface area (Å²) in [5, 5.41) is 1.83. The summed E-state index contributed by atoms with van der Waals surface area (Å²) >= 11 is 1.47. The molecule has 6 heteroatoms. The molecule has 1 aliphatic carbocycles. The zero-order valence-corrected chi connectivity index (χ0v) is 13.7. The minimum absolute atomic E-state index is 0.0728. The molecule has 0 unspecified atom stereocenters. The lowest BCUT2D eigenvalue weighted by atomic mass is 9.61. The van der Waals surface area contributed by atoms with Crippen LogP contribution >= 0.6 is 11.3 Å². The highest BCUT2D eigenvalue weighted by molar-refractivity contribution is 7.07. The summed E-state index contributed by atoms with van der Waals surface area (Å²) in [5.74, 6) is 0.923. The summed E-state index contributed by atoms with van der Waals surface area (Å²) in [4.78, 5) is 22.5. The Morgan fingerprint density at radius 3 is 2.83 bits per heavy atom. The van der Waals surface area contributed by atoms with E-state index in [2.05, 4.69) is 9.97 Å². The number of nitrogens with zero attached hydrogens (tertiary/aromatic N) is 3. The lowest BCUT2D eigenvalue weighted by molar-refractivity contribution is -0.0510. The van der Waals surface area contributed by atoms with Crippen molar-refractivity contribution in [3.8, 4) is 5.75 Å². The smallest absolute Gasteiger partial charge is 0.273 e. The fourth-order valence-electron chi connectivity index (χ4n) is 3.67. The van der Waals surface area contributed by atoms with E-state index in [0.717, 1.165) is 44.5 Å². The topological polar surface area (TPSA) is 55.3 Å². The molecule has 1 saturated carbocycles. The molecule has 0 atom stereocenters. The molecule has 1 aliphatic heterocycles. The molecule has 0 radical (unpaired) electrons. The van der Waals surface area contributed by atoms with E-state index in [9.17, 15) is 4.79 Å². The first kappa shape index (κ1) is 14.6. The molecule has 1 saturated heterocycles. The Labute approximate surface area is 139 Å². The second-order valence-corrected chi connectivity index (χ2v) is 7.22. The number of hydrogen-bond donors (Lipinski definition) is 0. The molecule has 2 aromatic rings. The Hall–Kier alpha value is -1.95. The van der Waals surface area contributed by atoms with Gasteiger partial charge in [-0.2, -0.15) is 0 Å². The predicted molar refractivity (Wildman–Crippen MR) is 87.6 cm³/mol. The molecule has 3 heterocycles.